The third-order valence-corrected chi connectivity index (χ3v) is 8.67. The summed E-state index contributed by atoms with van der Waals surface area (Å²) in [6.45, 7) is 6.03. The summed E-state index contributed by atoms with van der Waals surface area (Å²) in [4.78, 5) is 10.1. The Labute approximate surface area is 219 Å². The molecule has 4 atom stereocenters. The fraction of sp³-hybridized carbons (Fsp3) is 0.257. The zero-order valence-electron chi connectivity index (χ0n) is 21.4. The standard InChI is InChI=1S/C35H32N2/c1-22(2)31-19-18-25(21-36-31)23-10-9-11-24(20-23)35-34-29-15-6-4-13-27(29)26-12-3-5-14-28(26)33(34)30-16-7-8-17-32(30)37-35/h3-4,6,8-13,15,17-21,26,28,30,32H,1,5,7,14,16H2,2H3. The number of dihydropyridines is 1. The van der Waals surface area contributed by atoms with Gasteiger partial charge in [0.25, 0.3) is 0 Å². The highest BCUT2D eigenvalue weighted by Crippen LogP contribution is 2.54. The molecule has 0 saturated carbocycles. The van der Waals surface area contributed by atoms with E-state index in [0.717, 1.165) is 29.0 Å². The van der Waals surface area contributed by atoms with Crippen molar-refractivity contribution in [2.24, 2.45) is 16.8 Å². The molecule has 0 bridgehead atoms. The van der Waals surface area contributed by atoms with Gasteiger partial charge in [0.2, 0.25) is 0 Å². The second kappa shape index (κ2) is 8.95. The number of hydrogen-bond acceptors (Lipinski definition) is 2. The third-order valence-electron chi connectivity index (χ3n) is 8.67. The molecule has 2 nitrogen and oxygen atoms in total. The van der Waals surface area contributed by atoms with Crippen LogP contribution in [0.15, 0.2) is 108 Å². The number of benzene rings is 2. The van der Waals surface area contributed by atoms with Crippen LogP contribution < -0.4 is 0 Å². The van der Waals surface area contributed by atoms with Crippen LogP contribution in [0.4, 0.5) is 0 Å². The fourth-order valence-electron chi connectivity index (χ4n) is 6.97. The summed E-state index contributed by atoms with van der Waals surface area (Å²) in [5.41, 5.74) is 12.5. The van der Waals surface area contributed by atoms with Gasteiger partial charge in [0, 0.05) is 34.7 Å². The van der Waals surface area contributed by atoms with E-state index in [2.05, 4.69) is 96.5 Å². The Kier molecular flexibility index (Phi) is 5.43. The van der Waals surface area contributed by atoms with Crippen LogP contribution in [0.25, 0.3) is 22.3 Å². The van der Waals surface area contributed by atoms with Crippen molar-refractivity contribution in [1.29, 1.82) is 0 Å². The molecule has 0 spiro atoms. The van der Waals surface area contributed by atoms with E-state index in [-0.39, 0.29) is 6.04 Å². The Morgan fingerprint density at radius 2 is 1.65 bits per heavy atom. The van der Waals surface area contributed by atoms with Crippen molar-refractivity contribution in [2.75, 3.05) is 0 Å². The van der Waals surface area contributed by atoms with E-state index in [9.17, 15) is 0 Å². The molecule has 182 valence electrons. The zero-order valence-corrected chi connectivity index (χ0v) is 21.4. The lowest BCUT2D eigenvalue weighted by molar-refractivity contribution is 0.386. The highest BCUT2D eigenvalue weighted by atomic mass is 14.8. The van der Waals surface area contributed by atoms with Gasteiger partial charge in [-0.05, 0) is 72.9 Å². The van der Waals surface area contributed by atoms with Crippen molar-refractivity contribution in [2.45, 2.75) is 44.6 Å². The van der Waals surface area contributed by atoms with Gasteiger partial charge in [-0.3, -0.25) is 9.98 Å². The number of rotatable bonds is 3. The van der Waals surface area contributed by atoms with Crippen LogP contribution in [-0.4, -0.2) is 16.7 Å². The quantitative estimate of drug-likeness (QED) is 0.345. The smallest absolute Gasteiger partial charge is 0.0753 e. The highest BCUT2D eigenvalue weighted by Gasteiger charge is 2.44. The molecule has 4 unspecified atom stereocenters. The van der Waals surface area contributed by atoms with Gasteiger partial charge in [0.15, 0.2) is 0 Å². The van der Waals surface area contributed by atoms with Crippen LogP contribution >= 0.6 is 0 Å². The summed E-state index contributed by atoms with van der Waals surface area (Å²) in [7, 11) is 0. The number of nitrogens with zero attached hydrogens (tertiary/aromatic N) is 2. The summed E-state index contributed by atoms with van der Waals surface area (Å²) in [6.07, 6.45) is 16.3. The summed E-state index contributed by atoms with van der Waals surface area (Å²) in [6, 6.07) is 22.4. The molecule has 4 aliphatic rings. The molecule has 3 aromatic rings. The van der Waals surface area contributed by atoms with E-state index in [1.807, 2.05) is 13.1 Å². The van der Waals surface area contributed by atoms with E-state index in [4.69, 9.17) is 4.99 Å². The van der Waals surface area contributed by atoms with Crippen molar-refractivity contribution < 1.29 is 0 Å². The van der Waals surface area contributed by atoms with Gasteiger partial charge in [0.05, 0.1) is 17.4 Å². The van der Waals surface area contributed by atoms with E-state index < -0.39 is 0 Å². The molecule has 2 heteroatoms. The van der Waals surface area contributed by atoms with Gasteiger partial charge in [-0.2, -0.15) is 0 Å². The number of hydrogen-bond donors (Lipinski definition) is 0. The minimum atomic E-state index is 0.236. The van der Waals surface area contributed by atoms with Crippen molar-refractivity contribution in [3.8, 4) is 11.1 Å². The van der Waals surface area contributed by atoms with Crippen LogP contribution in [0, 0.1) is 11.8 Å². The van der Waals surface area contributed by atoms with E-state index in [0.29, 0.717) is 17.8 Å². The lowest BCUT2D eigenvalue weighted by Crippen LogP contribution is -2.37. The minimum absolute atomic E-state index is 0.236. The number of aromatic nitrogens is 1. The summed E-state index contributed by atoms with van der Waals surface area (Å²) in [5, 5.41) is 0. The lowest BCUT2D eigenvalue weighted by Gasteiger charge is -2.45. The molecule has 1 aromatic heterocycles. The van der Waals surface area contributed by atoms with E-state index >= 15 is 0 Å². The van der Waals surface area contributed by atoms with E-state index in [1.165, 1.54) is 47.1 Å². The molecule has 7 rings (SSSR count). The second-order valence-corrected chi connectivity index (χ2v) is 10.9. The SMILES string of the molecule is C=C(C)c1ccc(-c2cccc(C3=NC4C=CCCC4C4=C3c3ccccc3C3C=CCCC43)c2)cn1. The molecular formula is C35H32N2. The normalized spacial score (nSPS) is 25.5. The topological polar surface area (TPSA) is 25.2 Å². The molecular weight excluding hydrogens is 448 g/mol. The first kappa shape index (κ1) is 22.4. The molecule has 1 aliphatic heterocycles. The molecule has 37 heavy (non-hydrogen) atoms. The number of pyridine rings is 1. The van der Waals surface area contributed by atoms with Crippen molar-refractivity contribution in [3.05, 3.63) is 126 Å². The molecule has 2 heterocycles. The Bertz CT molecular complexity index is 1510. The average molecular weight is 481 g/mol. The van der Waals surface area contributed by atoms with E-state index in [1.54, 1.807) is 5.57 Å². The Balaban J connectivity index is 1.41. The largest absolute Gasteiger partial charge is 0.276 e. The maximum atomic E-state index is 5.49. The van der Waals surface area contributed by atoms with Crippen LogP contribution in [-0.2, 0) is 0 Å². The van der Waals surface area contributed by atoms with Gasteiger partial charge in [0.1, 0.15) is 0 Å². The van der Waals surface area contributed by atoms with Crippen LogP contribution in [0.1, 0.15) is 60.9 Å². The summed E-state index contributed by atoms with van der Waals surface area (Å²) < 4.78 is 0. The summed E-state index contributed by atoms with van der Waals surface area (Å²) in [5.74, 6) is 1.57. The molecule has 0 fully saturated rings. The molecule has 2 aromatic carbocycles. The Morgan fingerprint density at radius 3 is 2.49 bits per heavy atom. The van der Waals surface area contributed by atoms with Crippen molar-refractivity contribution in [1.82, 2.24) is 4.98 Å². The highest BCUT2D eigenvalue weighted by molar-refractivity contribution is 6.34. The van der Waals surface area contributed by atoms with Crippen molar-refractivity contribution in [3.63, 3.8) is 0 Å². The first-order valence-electron chi connectivity index (χ1n) is 13.7. The average Bonchev–Trinajstić information content (AvgIpc) is 2.96. The van der Waals surface area contributed by atoms with Crippen LogP contribution in [0.3, 0.4) is 0 Å². The van der Waals surface area contributed by atoms with Gasteiger partial charge in [-0.1, -0.05) is 85.0 Å². The fourth-order valence-corrected chi connectivity index (χ4v) is 6.97. The molecule has 0 amide bonds. The maximum absolute atomic E-state index is 5.49. The summed E-state index contributed by atoms with van der Waals surface area (Å²) >= 11 is 0. The van der Waals surface area contributed by atoms with Crippen molar-refractivity contribution >= 4 is 16.9 Å². The molecule has 0 N–H and O–H groups in total. The lowest BCUT2D eigenvalue weighted by atomic mass is 9.60. The molecule has 3 aliphatic carbocycles. The Morgan fingerprint density at radius 1 is 0.838 bits per heavy atom. The molecule has 0 saturated heterocycles. The zero-order chi connectivity index (χ0) is 24.9. The van der Waals surface area contributed by atoms with Gasteiger partial charge in [-0.25, -0.2) is 0 Å². The van der Waals surface area contributed by atoms with Gasteiger partial charge >= 0.3 is 0 Å². The predicted molar refractivity (Wildman–Crippen MR) is 155 cm³/mol. The first-order chi connectivity index (χ1) is 18.2. The van der Waals surface area contributed by atoms with Crippen LogP contribution in [0.5, 0.6) is 0 Å². The number of allylic oxidation sites excluding steroid dienone is 5. The number of aliphatic imine (C=N–C) groups is 1. The third kappa shape index (κ3) is 3.70. The Hall–Kier alpha value is -3.78. The van der Waals surface area contributed by atoms with Gasteiger partial charge < -0.3 is 0 Å². The molecule has 0 radical (unpaired) electrons. The van der Waals surface area contributed by atoms with Crippen LogP contribution in [0.2, 0.25) is 0 Å². The predicted octanol–water partition coefficient (Wildman–Crippen LogP) is 8.44. The maximum Gasteiger partial charge on any atom is 0.0753 e. The number of fused-ring (bicyclic) bond motifs is 7. The second-order valence-electron chi connectivity index (χ2n) is 10.9. The monoisotopic (exact) mass is 480 g/mol. The minimum Gasteiger partial charge on any atom is -0.276 e. The first-order valence-corrected chi connectivity index (χ1v) is 13.7. The van der Waals surface area contributed by atoms with Gasteiger partial charge in [-0.15, -0.1) is 0 Å².